The van der Waals surface area contributed by atoms with Crippen LogP contribution in [-0.4, -0.2) is 22.6 Å². The van der Waals surface area contributed by atoms with Gasteiger partial charge >= 0.3 is 0 Å². The van der Waals surface area contributed by atoms with Crippen molar-refractivity contribution in [2.75, 3.05) is 6.54 Å². The van der Waals surface area contributed by atoms with Crippen LogP contribution in [0.1, 0.15) is 5.56 Å². The van der Waals surface area contributed by atoms with Crippen LogP contribution >= 0.6 is 23.4 Å². The van der Waals surface area contributed by atoms with E-state index in [0.717, 1.165) is 16.7 Å². The monoisotopic (exact) mass is 297 g/mol. The summed E-state index contributed by atoms with van der Waals surface area (Å²) >= 11 is 6.63. The first kappa shape index (κ1) is 13.8. The number of carbonyl (C=O) groups is 2. The number of carbonyl (C=O) groups excluding carboxylic acids is 2. The largest absolute Gasteiger partial charge is 0.293 e. The van der Waals surface area contributed by atoms with Gasteiger partial charge in [-0.3, -0.25) is 14.5 Å². The van der Waals surface area contributed by atoms with Gasteiger partial charge in [-0.1, -0.05) is 23.7 Å². The molecule has 6 heteroatoms. The second kappa shape index (κ2) is 5.59. The predicted molar refractivity (Wildman–Crippen MR) is 74.3 cm³/mol. The molecule has 1 aromatic rings. The van der Waals surface area contributed by atoms with Crippen LogP contribution in [0.25, 0.3) is 6.08 Å². The smallest absolute Gasteiger partial charge is 0.268 e. The Morgan fingerprint density at radius 1 is 1.42 bits per heavy atom. The Hall–Kier alpha value is -1.59. The van der Waals surface area contributed by atoms with Crippen molar-refractivity contribution in [3.8, 4) is 0 Å². The molecule has 0 bridgehead atoms. The second-order valence-electron chi connectivity index (χ2n) is 3.72. The van der Waals surface area contributed by atoms with Crippen LogP contribution < -0.4 is 0 Å². The van der Waals surface area contributed by atoms with E-state index >= 15 is 0 Å². The van der Waals surface area contributed by atoms with Gasteiger partial charge < -0.3 is 0 Å². The molecule has 1 heterocycles. The van der Waals surface area contributed by atoms with Crippen LogP contribution in [0.15, 0.2) is 35.8 Å². The minimum absolute atomic E-state index is 0.105. The molecule has 19 heavy (non-hydrogen) atoms. The fourth-order valence-electron chi connectivity index (χ4n) is 1.57. The summed E-state index contributed by atoms with van der Waals surface area (Å²) in [7, 11) is 0. The molecule has 2 amide bonds. The van der Waals surface area contributed by atoms with E-state index in [1.165, 1.54) is 30.4 Å². The van der Waals surface area contributed by atoms with Gasteiger partial charge in [0.2, 0.25) is 0 Å². The van der Waals surface area contributed by atoms with E-state index in [1.807, 2.05) is 0 Å². The predicted octanol–water partition coefficient (Wildman–Crippen LogP) is 3.70. The lowest BCUT2D eigenvalue weighted by molar-refractivity contribution is -0.122. The van der Waals surface area contributed by atoms with Crippen LogP contribution in [0.2, 0.25) is 5.02 Å². The van der Waals surface area contributed by atoms with Gasteiger partial charge in [-0.05, 0) is 30.0 Å². The molecule has 0 unspecified atom stereocenters. The Morgan fingerprint density at radius 3 is 2.79 bits per heavy atom. The molecule has 0 N–H and O–H groups in total. The van der Waals surface area contributed by atoms with Gasteiger partial charge in [0.25, 0.3) is 11.1 Å². The molecule has 2 rings (SSSR count). The van der Waals surface area contributed by atoms with E-state index in [-0.39, 0.29) is 22.0 Å². The van der Waals surface area contributed by atoms with Crippen molar-refractivity contribution >= 4 is 40.6 Å². The first-order valence-corrected chi connectivity index (χ1v) is 6.54. The summed E-state index contributed by atoms with van der Waals surface area (Å²) < 4.78 is 13.6. The average molecular weight is 298 g/mol. The molecule has 1 aromatic carbocycles. The van der Waals surface area contributed by atoms with E-state index in [0.29, 0.717) is 0 Å². The summed E-state index contributed by atoms with van der Waals surface area (Å²) in [5.74, 6) is -1.00. The minimum atomic E-state index is -0.539. The third-order valence-corrected chi connectivity index (χ3v) is 3.70. The van der Waals surface area contributed by atoms with E-state index in [9.17, 15) is 14.0 Å². The highest BCUT2D eigenvalue weighted by Crippen LogP contribution is 2.33. The molecule has 0 saturated carbocycles. The lowest BCUT2D eigenvalue weighted by Crippen LogP contribution is -2.27. The topological polar surface area (TPSA) is 37.4 Å². The molecule has 1 saturated heterocycles. The number of imide groups is 1. The molecule has 0 radical (unpaired) electrons. The molecule has 1 aliphatic heterocycles. The van der Waals surface area contributed by atoms with Gasteiger partial charge in [0, 0.05) is 12.1 Å². The number of nitrogens with zero attached hydrogens (tertiary/aromatic N) is 1. The summed E-state index contributed by atoms with van der Waals surface area (Å²) in [5.41, 5.74) is 0.105. The maximum absolute atomic E-state index is 13.6. The number of hydrogen-bond acceptors (Lipinski definition) is 3. The zero-order chi connectivity index (χ0) is 14.0. The fraction of sp³-hybridized carbons (Fsp3) is 0.0769. The van der Waals surface area contributed by atoms with Crippen LogP contribution in [-0.2, 0) is 4.79 Å². The lowest BCUT2D eigenvalue weighted by atomic mass is 10.2. The quantitative estimate of drug-likeness (QED) is 0.630. The molecule has 1 aliphatic rings. The van der Waals surface area contributed by atoms with E-state index in [1.54, 1.807) is 0 Å². The van der Waals surface area contributed by atoms with Crippen molar-refractivity contribution in [2.24, 2.45) is 0 Å². The van der Waals surface area contributed by atoms with Crippen molar-refractivity contribution in [2.45, 2.75) is 0 Å². The highest BCUT2D eigenvalue weighted by Gasteiger charge is 2.34. The standard InChI is InChI=1S/C13H9ClFNO2S/c1-2-6-16-12(17)11(19-13(16)18)7-8-9(14)4-3-5-10(8)15/h2-5,7H,1,6H2/b11-7-. The van der Waals surface area contributed by atoms with Crippen molar-refractivity contribution in [3.05, 3.63) is 52.2 Å². The Balaban J connectivity index is 2.38. The van der Waals surface area contributed by atoms with Crippen LogP contribution in [0.5, 0.6) is 0 Å². The summed E-state index contributed by atoms with van der Waals surface area (Å²) in [6.07, 6.45) is 2.75. The third-order valence-electron chi connectivity index (χ3n) is 2.46. The zero-order valence-electron chi connectivity index (χ0n) is 9.73. The number of halogens is 2. The van der Waals surface area contributed by atoms with Gasteiger partial charge in [0.05, 0.1) is 9.93 Å². The van der Waals surface area contributed by atoms with Gasteiger partial charge in [0.15, 0.2) is 0 Å². The summed E-state index contributed by atoms with van der Waals surface area (Å²) in [4.78, 5) is 24.7. The first-order chi connectivity index (χ1) is 9.04. The van der Waals surface area contributed by atoms with Crippen LogP contribution in [0, 0.1) is 5.82 Å². The Bertz CT molecular complexity index is 580. The minimum Gasteiger partial charge on any atom is -0.268 e. The maximum atomic E-state index is 13.6. The van der Waals surface area contributed by atoms with Gasteiger partial charge in [-0.15, -0.1) is 6.58 Å². The molecular weight excluding hydrogens is 289 g/mol. The molecule has 1 fully saturated rings. The van der Waals surface area contributed by atoms with Gasteiger partial charge in [-0.25, -0.2) is 4.39 Å². The molecule has 0 aromatic heterocycles. The number of amides is 2. The molecule has 3 nitrogen and oxygen atoms in total. The van der Waals surface area contributed by atoms with Gasteiger partial charge in [-0.2, -0.15) is 0 Å². The number of thioether (sulfide) groups is 1. The molecule has 98 valence electrons. The first-order valence-electron chi connectivity index (χ1n) is 5.35. The molecular formula is C13H9ClFNO2S. The number of benzene rings is 1. The van der Waals surface area contributed by atoms with Crippen molar-refractivity contribution in [1.29, 1.82) is 0 Å². The zero-order valence-corrected chi connectivity index (χ0v) is 11.3. The maximum Gasteiger partial charge on any atom is 0.293 e. The summed E-state index contributed by atoms with van der Waals surface area (Å²) in [6, 6.07) is 4.23. The Morgan fingerprint density at radius 2 is 2.16 bits per heavy atom. The number of hydrogen-bond donors (Lipinski definition) is 0. The van der Waals surface area contributed by atoms with Crippen LogP contribution in [0.3, 0.4) is 0 Å². The van der Waals surface area contributed by atoms with E-state index in [4.69, 9.17) is 11.6 Å². The average Bonchev–Trinajstić information content (AvgIpc) is 2.62. The highest BCUT2D eigenvalue weighted by atomic mass is 35.5. The molecule has 0 aliphatic carbocycles. The van der Waals surface area contributed by atoms with Crippen molar-refractivity contribution < 1.29 is 14.0 Å². The lowest BCUT2D eigenvalue weighted by Gasteiger charge is -2.07. The Labute approximate surface area is 118 Å². The van der Waals surface area contributed by atoms with Crippen molar-refractivity contribution in [3.63, 3.8) is 0 Å². The third kappa shape index (κ3) is 2.72. The summed E-state index contributed by atoms with van der Waals surface area (Å²) in [5, 5.41) is -0.209. The fourth-order valence-corrected chi connectivity index (χ4v) is 2.61. The van der Waals surface area contributed by atoms with E-state index < -0.39 is 17.0 Å². The molecule has 0 spiro atoms. The normalized spacial score (nSPS) is 17.4. The molecule has 0 atom stereocenters. The Kier molecular flexibility index (Phi) is 4.07. The second-order valence-corrected chi connectivity index (χ2v) is 5.12. The SMILES string of the molecule is C=CCN1C(=O)S/C(=C\c2c(F)cccc2Cl)C1=O. The van der Waals surface area contributed by atoms with Crippen molar-refractivity contribution in [1.82, 2.24) is 4.90 Å². The van der Waals surface area contributed by atoms with Crippen LogP contribution in [0.4, 0.5) is 9.18 Å². The highest BCUT2D eigenvalue weighted by molar-refractivity contribution is 8.18. The summed E-state index contributed by atoms with van der Waals surface area (Å²) in [6.45, 7) is 3.61. The number of rotatable bonds is 3. The van der Waals surface area contributed by atoms with Gasteiger partial charge in [0.1, 0.15) is 5.82 Å². The van der Waals surface area contributed by atoms with E-state index in [2.05, 4.69) is 6.58 Å².